The van der Waals surface area contributed by atoms with Crippen LogP contribution >= 0.6 is 0 Å². The maximum Gasteiger partial charge on any atom is 0.253 e. The van der Waals surface area contributed by atoms with Crippen LogP contribution in [0.5, 0.6) is 11.5 Å². The molecule has 0 radical (unpaired) electrons. The first-order chi connectivity index (χ1) is 13.7. The molecule has 2 N–H and O–H groups in total. The molecule has 6 nitrogen and oxygen atoms in total. The molecule has 1 atom stereocenters. The number of piperidine rings is 1. The Bertz CT molecular complexity index is 721. The third kappa shape index (κ3) is 5.57. The average molecular weight is 412 g/mol. The number of phenolic OH excluding ortho intramolecular Hbond substituents is 1. The first-order valence-electron chi connectivity index (χ1n) is 10.3. The Hall–Kier alpha value is -1.93. The maximum absolute atomic E-state index is 13.4. The van der Waals surface area contributed by atoms with Crippen LogP contribution in [0, 0.1) is 0 Å². The van der Waals surface area contributed by atoms with Gasteiger partial charge in [-0.25, -0.2) is 8.78 Å². The number of aromatic hydroxyl groups is 1. The number of ether oxygens (including phenoxy) is 1. The van der Waals surface area contributed by atoms with E-state index in [0.29, 0.717) is 51.1 Å². The molecule has 3 rings (SSSR count). The number of benzene rings is 1. The largest absolute Gasteiger partial charge is 0.504 e. The molecule has 2 saturated heterocycles. The zero-order valence-corrected chi connectivity index (χ0v) is 16.9. The second kappa shape index (κ2) is 8.83. The van der Waals surface area contributed by atoms with Gasteiger partial charge < -0.3 is 24.7 Å². The summed E-state index contributed by atoms with van der Waals surface area (Å²) in [5, 5.41) is 20.9. The van der Waals surface area contributed by atoms with Crippen molar-refractivity contribution in [3.63, 3.8) is 0 Å². The van der Waals surface area contributed by atoms with E-state index in [0.717, 1.165) is 0 Å². The molecule has 1 unspecified atom stereocenters. The standard InChI is InChI=1S/C21H30F2N2O4/c1-2-29-18-14-16(4-5-17(18)26)19(27)25-10-3-6-20(28,7-13-25)15-24-11-8-21(22,23)9-12-24/h4-5,14,26,28H,2-3,6-13,15H2,1H3. The van der Waals surface area contributed by atoms with Crippen LogP contribution in [0.2, 0.25) is 0 Å². The molecule has 1 aromatic rings. The van der Waals surface area contributed by atoms with Gasteiger partial charge in [-0.3, -0.25) is 4.79 Å². The monoisotopic (exact) mass is 412 g/mol. The molecule has 1 amide bonds. The number of likely N-dealkylation sites (tertiary alicyclic amines) is 2. The Morgan fingerprint density at radius 1 is 1.14 bits per heavy atom. The van der Waals surface area contributed by atoms with Crippen molar-refractivity contribution >= 4 is 5.91 Å². The fourth-order valence-corrected chi connectivity index (χ4v) is 4.10. The molecule has 0 aromatic heterocycles. The molecule has 0 saturated carbocycles. The first kappa shape index (κ1) is 21.8. The molecular weight excluding hydrogens is 382 g/mol. The van der Waals surface area contributed by atoms with E-state index in [1.165, 1.54) is 12.1 Å². The van der Waals surface area contributed by atoms with Gasteiger partial charge in [-0.15, -0.1) is 0 Å². The van der Waals surface area contributed by atoms with Gasteiger partial charge in [-0.2, -0.15) is 0 Å². The average Bonchev–Trinajstić information content (AvgIpc) is 2.87. The SMILES string of the molecule is CCOc1cc(C(=O)N2CCCC(O)(CN3CCC(F)(F)CC3)CC2)ccc1O. The zero-order chi connectivity index (χ0) is 21.1. The van der Waals surface area contributed by atoms with Gasteiger partial charge in [0, 0.05) is 51.1 Å². The highest BCUT2D eigenvalue weighted by atomic mass is 19.3. The third-order valence-electron chi connectivity index (χ3n) is 5.82. The molecule has 8 heteroatoms. The normalized spacial score (nSPS) is 25.4. The number of alkyl halides is 2. The molecule has 0 bridgehead atoms. The summed E-state index contributed by atoms with van der Waals surface area (Å²) in [5.41, 5.74) is -0.553. The summed E-state index contributed by atoms with van der Waals surface area (Å²) < 4.78 is 32.1. The molecular formula is C21H30F2N2O4. The van der Waals surface area contributed by atoms with Crippen LogP contribution in [-0.2, 0) is 0 Å². The first-order valence-corrected chi connectivity index (χ1v) is 10.3. The minimum atomic E-state index is -2.60. The van der Waals surface area contributed by atoms with E-state index in [1.807, 2.05) is 4.90 Å². The summed E-state index contributed by atoms with van der Waals surface area (Å²) in [6.45, 7) is 4.02. The van der Waals surface area contributed by atoms with Crippen molar-refractivity contribution in [2.45, 2.75) is 50.6 Å². The fraction of sp³-hybridized carbons (Fsp3) is 0.667. The Morgan fingerprint density at radius 2 is 1.86 bits per heavy atom. The molecule has 2 fully saturated rings. The van der Waals surface area contributed by atoms with Crippen LogP contribution in [0.25, 0.3) is 0 Å². The van der Waals surface area contributed by atoms with Crippen LogP contribution in [-0.4, -0.2) is 76.8 Å². The van der Waals surface area contributed by atoms with Crippen molar-refractivity contribution in [3.8, 4) is 11.5 Å². The molecule has 2 heterocycles. The van der Waals surface area contributed by atoms with E-state index in [2.05, 4.69) is 0 Å². The smallest absolute Gasteiger partial charge is 0.253 e. The summed E-state index contributed by atoms with van der Waals surface area (Å²) in [6, 6.07) is 4.54. The number of amides is 1. The third-order valence-corrected chi connectivity index (χ3v) is 5.82. The number of aliphatic hydroxyl groups is 1. The fourth-order valence-electron chi connectivity index (χ4n) is 4.10. The number of carbonyl (C=O) groups excluding carboxylic acids is 1. The van der Waals surface area contributed by atoms with Crippen LogP contribution < -0.4 is 4.74 Å². The number of halogens is 2. The second-order valence-electron chi connectivity index (χ2n) is 8.12. The molecule has 0 spiro atoms. The highest BCUT2D eigenvalue weighted by molar-refractivity contribution is 5.95. The number of β-amino-alcohol motifs (C(OH)–C–C–N with tert-alkyl or cyclic N) is 1. The van der Waals surface area contributed by atoms with Crippen LogP contribution in [0.15, 0.2) is 18.2 Å². The van der Waals surface area contributed by atoms with Crippen molar-refractivity contribution in [1.29, 1.82) is 0 Å². The Kier molecular flexibility index (Phi) is 6.63. The highest BCUT2D eigenvalue weighted by Crippen LogP contribution is 2.31. The lowest BCUT2D eigenvalue weighted by molar-refractivity contribution is -0.0768. The Balaban J connectivity index is 1.60. The summed E-state index contributed by atoms with van der Waals surface area (Å²) in [4.78, 5) is 16.5. The van der Waals surface area contributed by atoms with Gasteiger partial charge in [0.1, 0.15) is 0 Å². The van der Waals surface area contributed by atoms with Gasteiger partial charge in [0.15, 0.2) is 11.5 Å². The van der Waals surface area contributed by atoms with Gasteiger partial charge in [0.05, 0.1) is 12.2 Å². The van der Waals surface area contributed by atoms with Crippen molar-refractivity contribution in [2.24, 2.45) is 0 Å². The second-order valence-corrected chi connectivity index (χ2v) is 8.12. The Morgan fingerprint density at radius 3 is 2.55 bits per heavy atom. The van der Waals surface area contributed by atoms with Crippen LogP contribution in [0.3, 0.4) is 0 Å². The van der Waals surface area contributed by atoms with Crippen LogP contribution in [0.1, 0.15) is 49.4 Å². The number of rotatable bonds is 5. The van der Waals surface area contributed by atoms with E-state index >= 15 is 0 Å². The lowest BCUT2D eigenvalue weighted by Crippen LogP contribution is -2.48. The lowest BCUT2D eigenvalue weighted by Gasteiger charge is -2.37. The summed E-state index contributed by atoms with van der Waals surface area (Å²) in [5.74, 6) is -2.52. The maximum atomic E-state index is 13.4. The van der Waals surface area contributed by atoms with Gasteiger partial charge in [-0.1, -0.05) is 0 Å². The van der Waals surface area contributed by atoms with Gasteiger partial charge in [0.2, 0.25) is 0 Å². The minimum Gasteiger partial charge on any atom is -0.504 e. The summed E-state index contributed by atoms with van der Waals surface area (Å²) in [7, 11) is 0. The minimum absolute atomic E-state index is 0.0132. The molecule has 0 aliphatic carbocycles. The van der Waals surface area contributed by atoms with Crippen molar-refractivity contribution in [1.82, 2.24) is 9.80 Å². The Labute approximate surface area is 170 Å². The zero-order valence-electron chi connectivity index (χ0n) is 16.9. The number of hydrogen-bond acceptors (Lipinski definition) is 5. The highest BCUT2D eigenvalue weighted by Gasteiger charge is 2.38. The number of phenols is 1. The van der Waals surface area contributed by atoms with E-state index in [-0.39, 0.29) is 43.3 Å². The molecule has 1 aromatic carbocycles. The van der Waals surface area contributed by atoms with Gasteiger partial charge in [0.25, 0.3) is 11.8 Å². The van der Waals surface area contributed by atoms with Crippen molar-refractivity contribution in [2.75, 3.05) is 39.3 Å². The van der Waals surface area contributed by atoms with E-state index in [1.54, 1.807) is 17.9 Å². The number of nitrogens with zero attached hydrogens (tertiary/aromatic N) is 2. The van der Waals surface area contributed by atoms with E-state index in [4.69, 9.17) is 4.74 Å². The predicted molar refractivity (Wildman–Crippen MR) is 105 cm³/mol. The van der Waals surface area contributed by atoms with Crippen LogP contribution in [0.4, 0.5) is 8.78 Å². The number of carbonyl (C=O) groups is 1. The quantitative estimate of drug-likeness (QED) is 0.778. The number of hydrogen-bond donors (Lipinski definition) is 2. The predicted octanol–water partition coefficient (Wildman–Crippen LogP) is 2.88. The van der Waals surface area contributed by atoms with E-state index < -0.39 is 11.5 Å². The summed E-state index contributed by atoms with van der Waals surface area (Å²) >= 11 is 0. The van der Waals surface area contributed by atoms with Crippen molar-refractivity contribution in [3.05, 3.63) is 23.8 Å². The molecule has 2 aliphatic heterocycles. The van der Waals surface area contributed by atoms with E-state index in [9.17, 15) is 23.8 Å². The molecule has 2 aliphatic rings. The summed E-state index contributed by atoms with van der Waals surface area (Å²) in [6.07, 6.45) is 1.24. The topological polar surface area (TPSA) is 73.2 Å². The van der Waals surface area contributed by atoms with Gasteiger partial charge in [-0.05, 0) is 44.4 Å². The van der Waals surface area contributed by atoms with Crippen molar-refractivity contribution < 1.29 is 28.5 Å². The lowest BCUT2D eigenvalue weighted by atomic mass is 9.93. The van der Waals surface area contributed by atoms with Gasteiger partial charge >= 0.3 is 0 Å². The molecule has 29 heavy (non-hydrogen) atoms. The molecule has 162 valence electrons.